The van der Waals surface area contributed by atoms with E-state index < -0.39 is 0 Å². The molecule has 1 N–H and O–H groups in total. The van der Waals surface area contributed by atoms with Gasteiger partial charge < -0.3 is 10.1 Å². The second kappa shape index (κ2) is 8.44. The highest BCUT2D eigenvalue weighted by molar-refractivity contribution is 6.05. The molecule has 4 rings (SSSR count). The van der Waals surface area contributed by atoms with Crippen molar-refractivity contribution in [1.29, 1.82) is 0 Å². The van der Waals surface area contributed by atoms with Crippen molar-refractivity contribution in [3.8, 4) is 11.5 Å². The van der Waals surface area contributed by atoms with E-state index in [0.29, 0.717) is 11.3 Å². The van der Waals surface area contributed by atoms with Crippen LogP contribution < -0.4 is 10.1 Å². The van der Waals surface area contributed by atoms with Crippen LogP contribution in [0.25, 0.3) is 10.8 Å². The highest BCUT2D eigenvalue weighted by Gasteiger charge is 2.07. The van der Waals surface area contributed by atoms with Crippen molar-refractivity contribution in [2.45, 2.75) is 6.92 Å². The number of nitrogens with one attached hydrogen (secondary N) is 1. The molecule has 0 aliphatic rings. The molecular formula is C26H21NO2. The molecule has 0 aliphatic heterocycles. The smallest absolute Gasteiger partial charge is 0.187 e. The molecule has 29 heavy (non-hydrogen) atoms. The van der Waals surface area contributed by atoms with E-state index in [4.69, 9.17) is 4.74 Å². The highest BCUT2D eigenvalue weighted by atomic mass is 16.5. The summed E-state index contributed by atoms with van der Waals surface area (Å²) in [5, 5.41) is 5.58. The van der Waals surface area contributed by atoms with Gasteiger partial charge in [-0.05, 0) is 42.0 Å². The molecule has 0 saturated heterocycles. The monoisotopic (exact) mass is 379 g/mol. The number of benzene rings is 4. The quantitative estimate of drug-likeness (QED) is 0.295. The van der Waals surface area contributed by atoms with Gasteiger partial charge in [0.2, 0.25) is 0 Å². The number of allylic oxidation sites excluding steroid dienone is 2. The Kier molecular flexibility index (Phi) is 5.39. The van der Waals surface area contributed by atoms with E-state index in [1.54, 1.807) is 6.08 Å². The molecule has 4 aromatic rings. The SMILES string of the molecule is C/C(=C/C(=O)c1ccccc1)Nc1ccccc1Oc1ccc2ccccc2c1. The van der Waals surface area contributed by atoms with Crippen LogP contribution in [0.3, 0.4) is 0 Å². The maximum absolute atomic E-state index is 12.4. The Labute approximate surface area is 170 Å². The minimum Gasteiger partial charge on any atom is -0.455 e. The van der Waals surface area contributed by atoms with Crippen molar-refractivity contribution < 1.29 is 9.53 Å². The lowest BCUT2D eigenvalue weighted by atomic mass is 10.1. The summed E-state index contributed by atoms with van der Waals surface area (Å²) >= 11 is 0. The molecule has 0 radical (unpaired) electrons. The average Bonchev–Trinajstić information content (AvgIpc) is 2.75. The number of hydrogen-bond donors (Lipinski definition) is 1. The lowest BCUT2D eigenvalue weighted by Crippen LogP contribution is -2.02. The summed E-state index contributed by atoms with van der Waals surface area (Å²) in [6.45, 7) is 1.87. The number of ether oxygens (including phenoxy) is 1. The Morgan fingerprint density at radius 1 is 0.793 bits per heavy atom. The Balaban J connectivity index is 1.54. The third kappa shape index (κ3) is 4.53. The molecular weight excluding hydrogens is 358 g/mol. The van der Waals surface area contributed by atoms with E-state index >= 15 is 0 Å². The fraction of sp³-hybridized carbons (Fsp3) is 0.0385. The maximum atomic E-state index is 12.4. The number of hydrogen-bond acceptors (Lipinski definition) is 3. The number of rotatable bonds is 6. The van der Waals surface area contributed by atoms with Gasteiger partial charge >= 0.3 is 0 Å². The van der Waals surface area contributed by atoms with Gasteiger partial charge in [-0.3, -0.25) is 4.79 Å². The average molecular weight is 379 g/mol. The molecule has 0 bridgehead atoms. The van der Waals surface area contributed by atoms with Crippen molar-refractivity contribution in [3.63, 3.8) is 0 Å². The van der Waals surface area contributed by atoms with Gasteiger partial charge in [-0.2, -0.15) is 0 Å². The number of fused-ring (bicyclic) bond motifs is 1. The molecule has 3 nitrogen and oxygen atoms in total. The summed E-state index contributed by atoms with van der Waals surface area (Å²) in [7, 11) is 0. The first-order chi connectivity index (χ1) is 14.2. The van der Waals surface area contributed by atoms with Gasteiger partial charge in [0, 0.05) is 17.3 Å². The van der Waals surface area contributed by atoms with Crippen molar-refractivity contribution in [2.24, 2.45) is 0 Å². The Bertz CT molecular complexity index is 1180. The molecule has 3 heteroatoms. The van der Waals surface area contributed by atoms with Gasteiger partial charge in [-0.1, -0.05) is 72.8 Å². The molecule has 0 aliphatic carbocycles. The summed E-state index contributed by atoms with van der Waals surface area (Å²) < 4.78 is 6.13. The van der Waals surface area contributed by atoms with Gasteiger partial charge in [0.25, 0.3) is 0 Å². The largest absolute Gasteiger partial charge is 0.455 e. The van der Waals surface area contributed by atoms with E-state index in [1.807, 2.05) is 91.9 Å². The fourth-order valence-corrected chi connectivity index (χ4v) is 3.15. The minimum absolute atomic E-state index is 0.0384. The molecule has 0 atom stereocenters. The van der Waals surface area contributed by atoms with Crippen LogP contribution in [0.2, 0.25) is 0 Å². The normalized spacial score (nSPS) is 11.3. The minimum atomic E-state index is -0.0384. The zero-order chi connectivity index (χ0) is 20.1. The van der Waals surface area contributed by atoms with Crippen LogP contribution in [-0.4, -0.2) is 5.78 Å². The van der Waals surface area contributed by atoms with Crippen molar-refractivity contribution >= 4 is 22.2 Å². The molecule has 4 aromatic carbocycles. The molecule has 0 saturated carbocycles. The maximum Gasteiger partial charge on any atom is 0.187 e. The summed E-state index contributed by atoms with van der Waals surface area (Å²) in [5.41, 5.74) is 2.21. The molecule has 0 amide bonds. The second-order valence-corrected chi connectivity index (χ2v) is 6.79. The topological polar surface area (TPSA) is 38.3 Å². The third-order valence-electron chi connectivity index (χ3n) is 4.57. The molecule has 0 unspecified atom stereocenters. The van der Waals surface area contributed by atoms with Crippen LogP contribution >= 0.6 is 0 Å². The zero-order valence-electron chi connectivity index (χ0n) is 16.1. The van der Waals surface area contributed by atoms with Gasteiger partial charge in [0.05, 0.1) is 5.69 Å². The van der Waals surface area contributed by atoms with E-state index in [0.717, 1.165) is 22.5 Å². The van der Waals surface area contributed by atoms with E-state index in [2.05, 4.69) is 17.4 Å². The van der Waals surface area contributed by atoms with Crippen molar-refractivity contribution in [1.82, 2.24) is 0 Å². The van der Waals surface area contributed by atoms with E-state index in [1.165, 1.54) is 5.39 Å². The number of para-hydroxylation sites is 2. The highest BCUT2D eigenvalue weighted by Crippen LogP contribution is 2.31. The van der Waals surface area contributed by atoms with Crippen LogP contribution in [0.1, 0.15) is 17.3 Å². The molecule has 142 valence electrons. The van der Waals surface area contributed by atoms with Gasteiger partial charge in [-0.25, -0.2) is 0 Å². The summed E-state index contributed by atoms with van der Waals surface area (Å²) in [6.07, 6.45) is 1.60. The molecule has 0 aromatic heterocycles. The van der Waals surface area contributed by atoms with E-state index in [-0.39, 0.29) is 5.78 Å². The lowest BCUT2D eigenvalue weighted by molar-refractivity contribution is 0.104. The first-order valence-electron chi connectivity index (χ1n) is 9.49. The zero-order valence-corrected chi connectivity index (χ0v) is 16.1. The third-order valence-corrected chi connectivity index (χ3v) is 4.57. The predicted octanol–water partition coefficient (Wildman–Crippen LogP) is 6.83. The van der Waals surface area contributed by atoms with Crippen molar-refractivity contribution in [3.05, 3.63) is 114 Å². The van der Waals surface area contributed by atoms with Gasteiger partial charge in [0.1, 0.15) is 5.75 Å². The van der Waals surface area contributed by atoms with Crippen LogP contribution in [0.5, 0.6) is 11.5 Å². The van der Waals surface area contributed by atoms with Crippen LogP contribution in [0, 0.1) is 0 Å². The Morgan fingerprint density at radius 3 is 2.31 bits per heavy atom. The molecule has 0 fully saturated rings. The predicted molar refractivity (Wildman–Crippen MR) is 119 cm³/mol. The number of ketones is 1. The first kappa shape index (κ1) is 18.5. The number of carbonyl (C=O) groups is 1. The summed E-state index contributed by atoms with van der Waals surface area (Å²) in [5.74, 6) is 1.42. The summed E-state index contributed by atoms with van der Waals surface area (Å²) in [4.78, 5) is 12.4. The van der Waals surface area contributed by atoms with Gasteiger partial charge in [0.15, 0.2) is 11.5 Å². The van der Waals surface area contributed by atoms with Crippen LogP contribution in [0.4, 0.5) is 5.69 Å². The van der Waals surface area contributed by atoms with Crippen molar-refractivity contribution in [2.75, 3.05) is 5.32 Å². The molecule has 0 heterocycles. The standard InChI is InChI=1S/C26H21NO2/c1-19(17-25(28)21-10-3-2-4-11-21)27-24-13-7-8-14-26(24)29-23-16-15-20-9-5-6-12-22(20)18-23/h2-18,27H,1H3/b19-17-. The first-order valence-corrected chi connectivity index (χ1v) is 9.49. The number of carbonyl (C=O) groups excluding carboxylic acids is 1. The Hall–Kier alpha value is -3.85. The second-order valence-electron chi connectivity index (χ2n) is 6.79. The summed E-state index contributed by atoms with van der Waals surface area (Å²) in [6, 6.07) is 31.1. The Morgan fingerprint density at radius 2 is 1.48 bits per heavy atom. The van der Waals surface area contributed by atoms with Gasteiger partial charge in [-0.15, -0.1) is 0 Å². The number of anilines is 1. The lowest BCUT2D eigenvalue weighted by Gasteiger charge is -2.14. The van der Waals surface area contributed by atoms with Crippen LogP contribution in [-0.2, 0) is 0 Å². The molecule has 0 spiro atoms. The van der Waals surface area contributed by atoms with E-state index in [9.17, 15) is 4.79 Å². The fourth-order valence-electron chi connectivity index (χ4n) is 3.15. The van der Waals surface area contributed by atoms with Crippen LogP contribution in [0.15, 0.2) is 109 Å².